The number of fused-ring (bicyclic) bond motifs is 1. The Kier molecular flexibility index (Phi) is 3.14. The van der Waals surface area contributed by atoms with Crippen LogP contribution in [-0.2, 0) is 6.54 Å². The largest absolute Gasteiger partial charge is 0.508 e. The van der Waals surface area contributed by atoms with E-state index in [1.54, 1.807) is 24.3 Å². The van der Waals surface area contributed by atoms with E-state index in [4.69, 9.17) is 5.11 Å². The molecule has 0 saturated carbocycles. The average Bonchev–Trinajstić information content (AvgIpc) is 2.74. The van der Waals surface area contributed by atoms with Gasteiger partial charge in [-0.1, -0.05) is 12.1 Å². The molecule has 1 heterocycles. The Balaban J connectivity index is 1.95. The first-order valence-electron chi connectivity index (χ1n) is 6.49. The minimum atomic E-state index is -1.15. The number of phenols is 1. The van der Waals surface area contributed by atoms with Gasteiger partial charge in [-0.15, -0.1) is 0 Å². The van der Waals surface area contributed by atoms with E-state index in [1.807, 2.05) is 0 Å². The van der Waals surface area contributed by atoms with Crippen molar-refractivity contribution in [2.24, 2.45) is 0 Å². The Bertz CT molecular complexity index is 777. The summed E-state index contributed by atoms with van der Waals surface area (Å²) >= 11 is 0. The maximum atomic E-state index is 12.2. The number of hydrogen-bond donors (Lipinski definition) is 2. The van der Waals surface area contributed by atoms with Gasteiger partial charge in [0, 0.05) is 5.56 Å². The van der Waals surface area contributed by atoms with Crippen LogP contribution in [0, 0.1) is 0 Å². The average molecular weight is 297 g/mol. The zero-order chi connectivity index (χ0) is 15.9. The molecule has 0 unspecified atom stereocenters. The maximum absolute atomic E-state index is 12.2. The first-order chi connectivity index (χ1) is 10.5. The number of aromatic hydroxyl groups is 1. The summed E-state index contributed by atoms with van der Waals surface area (Å²) in [5.41, 5.74) is 0.793. The number of imide groups is 1. The van der Waals surface area contributed by atoms with E-state index < -0.39 is 17.8 Å². The lowest BCUT2D eigenvalue weighted by Crippen LogP contribution is -2.29. The molecule has 22 heavy (non-hydrogen) atoms. The molecule has 1 aliphatic rings. The lowest BCUT2D eigenvalue weighted by molar-refractivity contribution is 0.0640. The van der Waals surface area contributed by atoms with Crippen molar-refractivity contribution in [2.75, 3.05) is 0 Å². The molecular weight excluding hydrogens is 286 g/mol. The Hall–Kier alpha value is -3.15. The summed E-state index contributed by atoms with van der Waals surface area (Å²) in [6.07, 6.45) is 0. The second kappa shape index (κ2) is 5.00. The van der Waals surface area contributed by atoms with Crippen LogP contribution in [-0.4, -0.2) is 32.9 Å². The van der Waals surface area contributed by atoms with Gasteiger partial charge in [-0.25, -0.2) is 4.79 Å². The molecule has 1 aliphatic heterocycles. The van der Waals surface area contributed by atoms with Crippen molar-refractivity contribution in [3.63, 3.8) is 0 Å². The van der Waals surface area contributed by atoms with Crippen molar-refractivity contribution in [3.05, 3.63) is 64.7 Å². The predicted octanol–water partition coefficient (Wildman–Crippen LogP) is 1.89. The molecule has 2 amide bonds. The van der Waals surface area contributed by atoms with Gasteiger partial charge in [-0.3, -0.25) is 14.5 Å². The SMILES string of the molecule is O=C(O)c1ccc(O)c(CN2C(=O)c3ccccc3C2=O)c1. The molecule has 6 heteroatoms. The molecule has 0 saturated heterocycles. The molecule has 0 aliphatic carbocycles. The van der Waals surface area contributed by atoms with E-state index in [2.05, 4.69) is 0 Å². The fraction of sp³-hybridized carbons (Fsp3) is 0.0625. The van der Waals surface area contributed by atoms with Gasteiger partial charge >= 0.3 is 5.97 Å². The molecule has 0 atom stereocenters. The highest BCUT2D eigenvalue weighted by molar-refractivity contribution is 6.21. The third kappa shape index (κ3) is 2.10. The second-order valence-electron chi connectivity index (χ2n) is 4.89. The number of amides is 2. The number of benzene rings is 2. The van der Waals surface area contributed by atoms with E-state index in [0.29, 0.717) is 11.1 Å². The molecule has 0 aromatic heterocycles. The summed E-state index contributed by atoms with van der Waals surface area (Å²) in [7, 11) is 0. The molecule has 3 rings (SSSR count). The molecule has 110 valence electrons. The van der Waals surface area contributed by atoms with E-state index >= 15 is 0 Å². The summed E-state index contributed by atoms with van der Waals surface area (Å²) in [4.78, 5) is 36.5. The van der Waals surface area contributed by atoms with Crippen LogP contribution in [0.2, 0.25) is 0 Å². The molecule has 0 spiro atoms. The summed E-state index contributed by atoms with van der Waals surface area (Å²) in [5, 5.41) is 18.8. The van der Waals surface area contributed by atoms with Gasteiger partial charge < -0.3 is 10.2 Å². The summed E-state index contributed by atoms with van der Waals surface area (Å²) in [5.74, 6) is -2.23. The Morgan fingerprint density at radius 3 is 2.14 bits per heavy atom. The van der Waals surface area contributed by atoms with Crippen LogP contribution in [0.25, 0.3) is 0 Å². The lowest BCUT2D eigenvalue weighted by Gasteiger charge is -2.15. The van der Waals surface area contributed by atoms with Crippen molar-refractivity contribution in [3.8, 4) is 5.75 Å². The van der Waals surface area contributed by atoms with E-state index in [1.165, 1.54) is 18.2 Å². The Morgan fingerprint density at radius 1 is 1.00 bits per heavy atom. The molecule has 2 N–H and O–H groups in total. The summed E-state index contributed by atoms with van der Waals surface area (Å²) < 4.78 is 0. The fourth-order valence-electron chi connectivity index (χ4n) is 2.40. The van der Waals surface area contributed by atoms with Crippen LogP contribution in [0.1, 0.15) is 36.6 Å². The number of carbonyl (C=O) groups is 3. The first kappa shape index (κ1) is 13.8. The van der Waals surface area contributed by atoms with Crippen LogP contribution in [0.4, 0.5) is 0 Å². The van der Waals surface area contributed by atoms with Gasteiger partial charge in [0.1, 0.15) is 5.75 Å². The standard InChI is InChI=1S/C16H11NO5/c18-13-6-5-9(16(21)22)7-10(13)8-17-14(19)11-3-1-2-4-12(11)15(17)20/h1-7,18H,8H2,(H,21,22). The number of aromatic carboxylic acids is 1. The number of carbonyl (C=O) groups excluding carboxylic acids is 2. The maximum Gasteiger partial charge on any atom is 0.335 e. The van der Waals surface area contributed by atoms with Crippen LogP contribution < -0.4 is 0 Å². The normalized spacial score (nSPS) is 13.4. The molecular formula is C16H11NO5. The Labute approximate surface area is 125 Å². The van der Waals surface area contributed by atoms with Gasteiger partial charge in [-0.05, 0) is 30.3 Å². The van der Waals surface area contributed by atoms with Gasteiger partial charge in [-0.2, -0.15) is 0 Å². The monoisotopic (exact) mass is 297 g/mol. The fourth-order valence-corrected chi connectivity index (χ4v) is 2.40. The van der Waals surface area contributed by atoms with Gasteiger partial charge in [0.25, 0.3) is 11.8 Å². The second-order valence-corrected chi connectivity index (χ2v) is 4.89. The molecule has 2 aromatic rings. The minimum Gasteiger partial charge on any atom is -0.508 e. The quantitative estimate of drug-likeness (QED) is 0.843. The molecule has 2 aromatic carbocycles. The highest BCUT2D eigenvalue weighted by Crippen LogP contribution is 2.27. The number of phenolic OH excluding ortho intramolecular Hbond substituents is 1. The summed E-state index contributed by atoms with van der Waals surface area (Å²) in [6.45, 7) is -0.181. The van der Waals surface area contributed by atoms with Crippen LogP contribution in [0.5, 0.6) is 5.75 Å². The third-order valence-corrected chi connectivity index (χ3v) is 3.53. The molecule has 6 nitrogen and oxygen atoms in total. The number of nitrogens with zero attached hydrogens (tertiary/aromatic N) is 1. The molecule has 0 bridgehead atoms. The zero-order valence-corrected chi connectivity index (χ0v) is 11.3. The number of carboxylic acids is 1. The number of carboxylic acid groups (broad SMARTS) is 1. The predicted molar refractivity (Wildman–Crippen MR) is 75.7 cm³/mol. The van der Waals surface area contributed by atoms with E-state index in [9.17, 15) is 19.5 Å². The third-order valence-electron chi connectivity index (χ3n) is 3.53. The highest BCUT2D eigenvalue weighted by Gasteiger charge is 2.35. The smallest absolute Gasteiger partial charge is 0.335 e. The van der Waals surface area contributed by atoms with E-state index in [-0.39, 0.29) is 23.4 Å². The first-order valence-corrected chi connectivity index (χ1v) is 6.49. The topological polar surface area (TPSA) is 94.9 Å². The van der Waals surface area contributed by atoms with Crippen LogP contribution in [0.15, 0.2) is 42.5 Å². The molecule has 0 fully saturated rings. The van der Waals surface area contributed by atoms with E-state index in [0.717, 1.165) is 4.90 Å². The van der Waals surface area contributed by atoms with Crippen molar-refractivity contribution >= 4 is 17.8 Å². The van der Waals surface area contributed by atoms with Gasteiger partial charge in [0.05, 0.1) is 23.2 Å². The molecule has 0 radical (unpaired) electrons. The zero-order valence-electron chi connectivity index (χ0n) is 11.3. The van der Waals surface area contributed by atoms with Crippen molar-refractivity contribution in [2.45, 2.75) is 6.54 Å². The van der Waals surface area contributed by atoms with Crippen LogP contribution in [0.3, 0.4) is 0 Å². The highest BCUT2D eigenvalue weighted by atomic mass is 16.4. The van der Waals surface area contributed by atoms with Crippen molar-refractivity contribution in [1.82, 2.24) is 4.90 Å². The lowest BCUT2D eigenvalue weighted by atomic mass is 10.1. The number of hydrogen-bond acceptors (Lipinski definition) is 4. The van der Waals surface area contributed by atoms with Gasteiger partial charge in [0.2, 0.25) is 0 Å². The van der Waals surface area contributed by atoms with Crippen molar-refractivity contribution in [1.29, 1.82) is 0 Å². The van der Waals surface area contributed by atoms with Gasteiger partial charge in [0.15, 0.2) is 0 Å². The number of rotatable bonds is 3. The van der Waals surface area contributed by atoms with Crippen molar-refractivity contribution < 1.29 is 24.6 Å². The van der Waals surface area contributed by atoms with Crippen LogP contribution >= 0.6 is 0 Å². The Morgan fingerprint density at radius 2 is 1.59 bits per heavy atom. The minimum absolute atomic E-state index is 0.0237. The summed E-state index contributed by atoms with van der Waals surface area (Å²) in [6, 6.07) is 10.2.